The van der Waals surface area contributed by atoms with Gasteiger partial charge in [-0.15, -0.1) is 0 Å². The molecule has 6 aromatic rings. The minimum Gasteiger partial charge on any atom is -0.335 e. The average Bonchev–Trinajstić information content (AvgIpc) is 3.59. The second-order valence-corrected chi connectivity index (χ2v) is 10.3. The zero-order chi connectivity index (χ0) is 28.5. The summed E-state index contributed by atoms with van der Waals surface area (Å²) in [5.41, 5.74) is 14.5. The molecule has 0 spiro atoms. The monoisotopic (exact) mass is 550 g/mol. The molecule has 5 aromatic heterocycles. The molecule has 1 unspecified atom stereocenters. The molecule has 1 aromatic carbocycles. The SMILES string of the molecule is CCNCc1cncc(-c2ccc3[nH]nc(-c4nc5nccc(-c6cc(F)cc(C(N)CN(C)C)c6)c5[nH]4)c3n2)c1. The molecule has 0 saturated heterocycles. The van der Waals surface area contributed by atoms with Gasteiger partial charge in [0.1, 0.15) is 11.3 Å². The van der Waals surface area contributed by atoms with E-state index in [9.17, 15) is 4.39 Å². The van der Waals surface area contributed by atoms with E-state index < -0.39 is 0 Å². The molecule has 5 heterocycles. The van der Waals surface area contributed by atoms with Crippen molar-refractivity contribution in [3.63, 3.8) is 0 Å². The van der Waals surface area contributed by atoms with E-state index in [0.29, 0.717) is 40.3 Å². The van der Waals surface area contributed by atoms with Gasteiger partial charge >= 0.3 is 0 Å². The topological polar surface area (TPSA) is 137 Å². The summed E-state index contributed by atoms with van der Waals surface area (Å²) in [5.74, 6) is 0.159. The molecule has 0 radical (unpaired) electrons. The van der Waals surface area contributed by atoms with Crippen LogP contribution in [-0.4, -0.2) is 67.2 Å². The summed E-state index contributed by atoms with van der Waals surface area (Å²) >= 11 is 0. The van der Waals surface area contributed by atoms with Crippen molar-refractivity contribution >= 4 is 22.2 Å². The van der Waals surface area contributed by atoms with Gasteiger partial charge in [-0.05, 0) is 79.8 Å². The number of rotatable bonds is 9. The number of pyridine rings is 3. The molecule has 0 aliphatic rings. The number of imidazole rings is 1. The van der Waals surface area contributed by atoms with Gasteiger partial charge in [-0.1, -0.05) is 6.92 Å². The Kier molecular flexibility index (Phi) is 7.23. The van der Waals surface area contributed by atoms with Crippen LogP contribution in [0.15, 0.2) is 61.1 Å². The number of likely N-dealkylation sites (N-methyl/N-ethyl adjacent to an activating group) is 1. The Morgan fingerprint density at radius 1 is 1.05 bits per heavy atom. The highest BCUT2D eigenvalue weighted by molar-refractivity contribution is 5.95. The predicted molar refractivity (Wildman–Crippen MR) is 158 cm³/mol. The summed E-state index contributed by atoms with van der Waals surface area (Å²) < 4.78 is 14.7. The largest absolute Gasteiger partial charge is 0.335 e. The van der Waals surface area contributed by atoms with E-state index in [1.165, 1.54) is 12.1 Å². The lowest BCUT2D eigenvalue weighted by atomic mass is 9.99. The van der Waals surface area contributed by atoms with Crippen LogP contribution in [0.2, 0.25) is 0 Å². The molecule has 1 atom stereocenters. The number of aromatic amines is 2. The fourth-order valence-electron chi connectivity index (χ4n) is 4.96. The van der Waals surface area contributed by atoms with Crippen LogP contribution in [0.4, 0.5) is 4.39 Å². The van der Waals surface area contributed by atoms with Crippen molar-refractivity contribution < 1.29 is 4.39 Å². The maximum Gasteiger partial charge on any atom is 0.178 e. The molecule has 0 bridgehead atoms. The summed E-state index contributed by atoms with van der Waals surface area (Å²) in [7, 11) is 3.88. The van der Waals surface area contributed by atoms with Gasteiger partial charge in [0.2, 0.25) is 0 Å². The number of aromatic nitrogens is 7. The highest BCUT2D eigenvalue weighted by Gasteiger charge is 2.19. The van der Waals surface area contributed by atoms with E-state index in [1.54, 1.807) is 12.4 Å². The van der Waals surface area contributed by atoms with Gasteiger partial charge in [0.05, 0.1) is 16.7 Å². The molecule has 208 valence electrons. The average molecular weight is 551 g/mol. The van der Waals surface area contributed by atoms with Crippen LogP contribution in [0.3, 0.4) is 0 Å². The number of nitrogens with one attached hydrogen (secondary N) is 3. The van der Waals surface area contributed by atoms with Crippen molar-refractivity contribution in [3.05, 3.63) is 78.0 Å². The first-order chi connectivity index (χ1) is 19.9. The van der Waals surface area contributed by atoms with Gasteiger partial charge in [0, 0.05) is 48.8 Å². The fourth-order valence-corrected chi connectivity index (χ4v) is 4.96. The molecular formula is C30H31FN10. The van der Waals surface area contributed by atoms with Crippen molar-refractivity contribution in [3.8, 4) is 33.9 Å². The van der Waals surface area contributed by atoms with Gasteiger partial charge in [-0.3, -0.25) is 10.1 Å². The molecular weight excluding hydrogens is 519 g/mol. The first-order valence-corrected chi connectivity index (χ1v) is 13.5. The van der Waals surface area contributed by atoms with E-state index in [0.717, 1.165) is 46.6 Å². The zero-order valence-corrected chi connectivity index (χ0v) is 23.1. The quantitative estimate of drug-likeness (QED) is 0.207. The number of hydrogen-bond acceptors (Lipinski definition) is 8. The lowest BCUT2D eigenvalue weighted by Crippen LogP contribution is -2.26. The standard InChI is InChI=1S/C30H31FN10/c1-4-33-13-17-9-20(15-34-14-17)24-5-6-25-27(36-24)28(40-39-25)30-37-26-22(7-8-35-29(26)38-30)18-10-19(12-21(31)11-18)23(32)16-41(2)3/h5-12,14-15,23,33H,4,13,16,32H2,1-3H3,(H,39,40)(H,35,37,38). The zero-order valence-electron chi connectivity index (χ0n) is 23.1. The van der Waals surface area contributed by atoms with Crippen LogP contribution >= 0.6 is 0 Å². The maximum absolute atomic E-state index is 14.7. The number of benzene rings is 1. The van der Waals surface area contributed by atoms with Crippen LogP contribution in [0.1, 0.15) is 24.1 Å². The molecule has 0 amide bonds. The Morgan fingerprint density at radius 2 is 1.93 bits per heavy atom. The second kappa shape index (κ2) is 11.1. The Labute approximate surface area is 236 Å². The first-order valence-electron chi connectivity index (χ1n) is 13.5. The number of fused-ring (bicyclic) bond motifs is 2. The maximum atomic E-state index is 14.7. The van der Waals surface area contributed by atoms with Crippen LogP contribution in [0.5, 0.6) is 0 Å². The highest BCUT2D eigenvalue weighted by atomic mass is 19.1. The molecule has 5 N–H and O–H groups in total. The van der Waals surface area contributed by atoms with E-state index in [-0.39, 0.29) is 11.9 Å². The van der Waals surface area contributed by atoms with Gasteiger partial charge in [0.15, 0.2) is 17.2 Å². The van der Waals surface area contributed by atoms with Gasteiger partial charge in [-0.2, -0.15) is 5.10 Å². The fraction of sp³-hybridized carbons (Fsp3) is 0.233. The molecule has 41 heavy (non-hydrogen) atoms. The number of nitrogens with two attached hydrogens (primary N) is 1. The Bertz CT molecular complexity index is 1840. The van der Waals surface area contributed by atoms with Gasteiger partial charge in [0.25, 0.3) is 0 Å². The minimum atomic E-state index is -0.351. The first kappa shape index (κ1) is 26.6. The smallest absolute Gasteiger partial charge is 0.178 e. The second-order valence-electron chi connectivity index (χ2n) is 10.3. The van der Waals surface area contributed by atoms with Gasteiger partial charge < -0.3 is 20.9 Å². The van der Waals surface area contributed by atoms with Crippen molar-refractivity contribution in [1.82, 2.24) is 45.3 Å². The third-order valence-corrected chi connectivity index (χ3v) is 6.91. The number of hydrogen-bond donors (Lipinski definition) is 4. The molecule has 0 aliphatic heterocycles. The Morgan fingerprint density at radius 3 is 2.76 bits per heavy atom. The van der Waals surface area contributed by atoms with E-state index in [1.807, 2.05) is 49.5 Å². The van der Waals surface area contributed by atoms with E-state index in [2.05, 4.69) is 43.5 Å². The number of H-pyrrole nitrogens is 2. The summed E-state index contributed by atoms with van der Waals surface area (Å²) in [4.78, 5) is 23.8. The molecule has 11 heteroatoms. The lowest BCUT2D eigenvalue weighted by molar-refractivity contribution is 0.376. The van der Waals surface area contributed by atoms with Crippen molar-refractivity contribution in [2.45, 2.75) is 19.5 Å². The number of halogens is 1. The van der Waals surface area contributed by atoms with Crippen molar-refractivity contribution in [2.75, 3.05) is 27.2 Å². The summed E-state index contributed by atoms with van der Waals surface area (Å²) in [6.07, 6.45) is 5.32. The molecule has 0 fully saturated rings. The molecule has 6 rings (SSSR count). The van der Waals surface area contributed by atoms with Crippen molar-refractivity contribution in [1.29, 1.82) is 0 Å². The molecule has 0 aliphatic carbocycles. The summed E-state index contributed by atoms with van der Waals surface area (Å²) in [6.45, 7) is 4.28. The Hall–Kier alpha value is -4.58. The van der Waals surface area contributed by atoms with Crippen LogP contribution < -0.4 is 11.1 Å². The summed E-state index contributed by atoms with van der Waals surface area (Å²) in [5, 5.41) is 10.9. The van der Waals surface area contributed by atoms with Crippen LogP contribution in [0, 0.1) is 5.82 Å². The third kappa shape index (κ3) is 5.42. The molecule has 0 saturated carbocycles. The van der Waals surface area contributed by atoms with Crippen LogP contribution in [0.25, 0.3) is 56.1 Å². The normalized spacial score (nSPS) is 12.5. The van der Waals surface area contributed by atoms with Gasteiger partial charge in [-0.25, -0.2) is 19.3 Å². The highest BCUT2D eigenvalue weighted by Crippen LogP contribution is 2.32. The van der Waals surface area contributed by atoms with E-state index >= 15 is 0 Å². The summed E-state index contributed by atoms with van der Waals surface area (Å²) in [6, 6.07) is 12.4. The number of nitrogens with zero attached hydrogens (tertiary/aromatic N) is 6. The third-order valence-electron chi connectivity index (χ3n) is 6.91. The van der Waals surface area contributed by atoms with Crippen LogP contribution in [-0.2, 0) is 6.54 Å². The minimum absolute atomic E-state index is 0.330. The van der Waals surface area contributed by atoms with Crippen molar-refractivity contribution in [2.24, 2.45) is 5.73 Å². The van der Waals surface area contributed by atoms with E-state index in [4.69, 9.17) is 15.7 Å². The predicted octanol–water partition coefficient (Wildman–Crippen LogP) is 4.44. The lowest BCUT2D eigenvalue weighted by Gasteiger charge is -2.18. The Balaban J connectivity index is 1.40. The molecule has 10 nitrogen and oxygen atoms in total.